The Kier molecular flexibility index (Phi) is 4.73. The van der Waals surface area contributed by atoms with Gasteiger partial charge in [-0.25, -0.2) is 9.59 Å². The minimum absolute atomic E-state index is 0.108. The Labute approximate surface area is 167 Å². The lowest BCUT2D eigenvalue weighted by molar-refractivity contribution is -0.222. The standard InChI is InChI=1S/C22H19NO4S/c1-22(2)26-20(24)16(21(25)27-22)12-13-19-23(14-15-8-4-3-5-9-15)17-10-6-7-11-18(17)28-19/h3-13H,14H2,1-2H3. The molecule has 6 heteroatoms. The third-order valence-electron chi connectivity index (χ3n) is 4.33. The number of esters is 2. The molecule has 0 saturated carbocycles. The molecule has 0 atom stereocenters. The van der Waals surface area contributed by atoms with Crippen LogP contribution < -0.4 is 4.90 Å². The van der Waals surface area contributed by atoms with Crippen LogP contribution in [0.5, 0.6) is 0 Å². The molecule has 2 aliphatic heterocycles. The molecular weight excluding hydrogens is 374 g/mol. The molecule has 0 spiro atoms. The van der Waals surface area contributed by atoms with Gasteiger partial charge in [0.25, 0.3) is 5.79 Å². The molecule has 2 aliphatic rings. The van der Waals surface area contributed by atoms with Gasteiger partial charge in [0.15, 0.2) is 0 Å². The number of thioether (sulfide) groups is 1. The molecule has 0 bridgehead atoms. The molecule has 0 aromatic heterocycles. The van der Waals surface area contributed by atoms with Gasteiger partial charge in [-0.3, -0.25) is 0 Å². The third kappa shape index (κ3) is 3.68. The monoisotopic (exact) mass is 393 g/mol. The summed E-state index contributed by atoms with van der Waals surface area (Å²) in [5, 5.41) is 0.919. The van der Waals surface area contributed by atoms with Crippen molar-refractivity contribution in [3.63, 3.8) is 0 Å². The van der Waals surface area contributed by atoms with Crippen LogP contribution in [-0.4, -0.2) is 17.7 Å². The minimum Gasteiger partial charge on any atom is -0.419 e. The lowest BCUT2D eigenvalue weighted by Crippen LogP contribution is -2.41. The van der Waals surface area contributed by atoms with E-state index in [2.05, 4.69) is 29.2 Å². The number of carbonyl (C=O) groups is 2. The number of benzene rings is 2. The second kappa shape index (κ2) is 7.20. The fourth-order valence-corrected chi connectivity index (χ4v) is 4.12. The average Bonchev–Trinajstić information content (AvgIpc) is 2.99. The van der Waals surface area contributed by atoms with Gasteiger partial charge in [-0.05, 0) is 29.8 Å². The summed E-state index contributed by atoms with van der Waals surface area (Å²) in [6.45, 7) is 3.74. The lowest BCUT2D eigenvalue weighted by Gasteiger charge is -2.29. The average molecular weight is 393 g/mol. The number of para-hydroxylation sites is 1. The van der Waals surface area contributed by atoms with Gasteiger partial charge in [0, 0.05) is 25.3 Å². The Morgan fingerprint density at radius 1 is 0.929 bits per heavy atom. The first-order valence-corrected chi connectivity index (χ1v) is 9.72. The van der Waals surface area contributed by atoms with Crippen molar-refractivity contribution in [1.29, 1.82) is 0 Å². The number of cyclic esters (lactones) is 2. The number of allylic oxidation sites excluding steroid dienone is 2. The molecule has 4 rings (SSSR count). The normalized spacial score (nSPS) is 19.3. The number of fused-ring (bicyclic) bond motifs is 1. The fourth-order valence-electron chi connectivity index (χ4n) is 3.06. The van der Waals surface area contributed by atoms with Gasteiger partial charge in [-0.1, -0.05) is 54.2 Å². The van der Waals surface area contributed by atoms with Crippen LogP contribution in [0.3, 0.4) is 0 Å². The second-order valence-electron chi connectivity index (χ2n) is 6.91. The topological polar surface area (TPSA) is 55.8 Å². The van der Waals surface area contributed by atoms with E-state index < -0.39 is 17.7 Å². The van der Waals surface area contributed by atoms with Gasteiger partial charge < -0.3 is 14.4 Å². The molecule has 142 valence electrons. The maximum absolute atomic E-state index is 12.2. The molecule has 2 aromatic rings. The van der Waals surface area contributed by atoms with Crippen LogP contribution in [0, 0.1) is 0 Å². The number of hydrogen-bond acceptors (Lipinski definition) is 6. The molecule has 2 heterocycles. The maximum Gasteiger partial charge on any atom is 0.348 e. The maximum atomic E-state index is 12.2. The highest BCUT2D eigenvalue weighted by Gasteiger charge is 2.38. The van der Waals surface area contributed by atoms with Gasteiger partial charge in [-0.2, -0.15) is 0 Å². The van der Waals surface area contributed by atoms with Crippen LogP contribution in [0.1, 0.15) is 19.4 Å². The van der Waals surface area contributed by atoms with E-state index in [4.69, 9.17) is 9.47 Å². The molecule has 0 N–H and O–H groups in total. The SMILES string of the molecule is CC1(C)OC(=O)C(=CC=C2Sc3ccccc3N2Cc2ccccc2)C(=O)O1. The number of carbonyl (C=O) groups excluding carboxylic acids is 2. The lowest BCUT2D eigenvalue weighted by atomic mass is 10.2. The predicted octanol–water partition coefficient (Wildman–Crippen LogP) is 4.40. The smallest absolute Gasteiger partial charge is 0.348 e. The summed E-state index contributed by atoms with van der Waals surface area (Å²) >= 11 is 1.59. The van der Waals surface area contributed by atoms with Crippen molar-refractivity contribution in [1.82, 2.24) is 0 Å². The van der Waals surface area contributed by atoms with Crippen LogP contribution in [0.25, 0.3) is 0 Å². The first-order chi connectivity index (χ1) is 13.4. The fraction of sp³-hybridized carbons (Fsp3) is 0.182. The van der Waals surface area contributed by atoms with Crippen molar-refractivity contribution in [3.05, 3.63) is 82.9 Å². The van der Waals surface area contributed by atoms with Gasteiger partial charge in [-0.15, -0.1) is 0 Å². The highest BCUT2D eigenvalue weighted by atomic mass is 32.2. The van der Waals surface area contributed by atoms with E-state index >= 15 is 0 Å². The summed E-state index contributed by atoms with van der Waals surface area (Å²) in [6.07, 6.45) is 3.25. The Bertz CT molecular complexity index is 973. The largest absolute Gasteiger partial charge is 0.419 e. The third-order valence-corrected chi connectivity index (χ3v) is 5.46. The first kappa shape index (κ1) is 18.4. The van der Waals surface area contributed by atoms with E-state index in [9.17, 15) is 9.59 Å². The zero-order valence-corrected chi connectivity index (χ0v) is 16.4. The van der Waals surface area contributed by atoms with E-state index in [0.717, 1.165) is 21.2 Å². The number of ether oxygens (including phenoxy) is 2. The molecule has 0 aliphatic carbocycles. The van der Waals surface area contributed by atoms with Crippen molar-refractivity contribution >= 4 is 29.4 Å². The molecular formula is C22H19NO4S. The van der Waals surface area contributed by atoms with Gasteiger partial charge >= 0.3 is 11.9 Å². The molecule has 0 unspecified atom stereocenters. The Balaban J connectivity index is 1.66. The molecule has 1 saturated heterocycles. The highest BCUT2D eigenvalue weighted by molar-refractivity contribution is 8.03. The molecule has 28 heavy (non-hydrogen) atoms. The Morgan fingerprint density at radius 3 is 2.29 bits per heavy atom. The van der Waals surface area contributed by atoms with Gasteiger partial charge in [0.05, 0.1) is 10.7 Å². The molecule has 2 aromatic carbocycles. The second-order valence-corrected chi connectivity index (χ2v) is 7.97. The van der Waals surface area contributed by atoms with Gasteiger partial charge in [0.1, 0.15) is 5.57 Å². The quantitative estimate of drug-likeness (QED) is 0.438. The van der Waals surface area contributed by atoms with Crippen LogP contribution in [-0.2, 0) is 25.6 Å². The van der Waals surface area contributed by atoms with Crippen LogP contribution in [0.2, 0.25) is 0 Å². The van der Waals surface area contributed by atoms with E-state index in [0.29, 0.717) is 6.54 Å². The summed E-state index contributed by atoms with van der Waals surface area (Å²) in [5.41, 5.74) is 2.15. The van der Waals surface area contributed by atoms with E-state index in [1.54, 1.807) is 17.8 Å². The Morgan fingerprint density at radius 2 is 1.57 bits per heavy atom. The highest BCUT2D eigenvalue weighted by Crippen LogP contribution is 2.46. The summed E-state index contributed by atoms with van der Waals surface area (Å²) in [7, 11) is 0. The number of anilines is 1. The minimum atomic E-state index is -1.24. The Hall–Kier alpha value is -2.99. The predicted molar refractivity (Wildman–Crippen MR) is 107 cm³/mol. The van der Waals surface area contributed by atoms with Crippen molar-refractivity contribution in [3.8, 4) is 0 Å². The van der Waals surface area contributed by atoms with E-state index in [1.807, 2.05) is 30.3 Å². The number of hydrogen-bond donors (Lipinski definition) is 0. The first-order valence-electron chi connectivity index (χ1n) is 8.90. The summed E-state index contributed by atoms with van der Waals surface area (Å²) in [5.74, 6) is -2.59. The molecule has 0 radical (unpaired) electrons. The summed E-state index contributed by atoms with van der Waals surface area (Å²) < 4.78 is 10.3. The number of nitrogens with zero attached hydrogens (tertiary/aromatic N) is 1. The van der Waals surface area contributed by atoms with Crippen molar-refractivity contribution in [2.45, 2.75) is 31.1 Å². The zero-order chi connectivity index (χ0) is 19.7. The van der Waals surface area contributed by atoms with Crippen LogP contribution >= 0.6 is 11.8 Å². The van der Waals surface area contributed by atoms with E-state index in [-0.39, 0.29) is 5.57 Å². The zero-order valence-electron chi connectivity index (χ0n) is 15.5. The van der Waals surface area contributed by atoms with Gasteiger partial charge in [0.2, 0.25) is 0 Å². The molecule has 1 fully saturated rings. The van der Waals surface area contributed by atoms with Crippen molar-refractivity contribution < 1.29 is 19.1 Å². The van der Waals surface area contributed by atoms with Crippen LogP contribution in [0.15, 0.2) is 82.2 Å². The summed E-state index contributed by atoms with van der Waals surface area (Å²) in [6, 6.07) is 18.2. The number of rotatable bonds is 3. The molecule has 0 amide bonds. The van der Waals surface area contributed by atoms with E-state index in [1.165, 1.54) is 19.9 Å². The van der Waals surface area contributed by atoms with Crippen LogP contribution in [0.4, 0.5) is 5.69 Å². The van der Waals surface area contributed by atoms with Crippen molar-refractivity contribution in [2.24, 2.45) is 0 Å². The van der Waals surface area contributed by atoms with Crippen molar-refractivity contribution in [2.75, 3.05) is 4.90 Å². The molecule has 5 nitrogen and oxygen atoms in total. The summed E-state index contributed by atoms with van der Waals surface area (Å²) in [4.78, 5) is 27.6.